The van der Waals surface area contributed by atoms with Gasteiger partial charge < -0.3 is 4.74 Å². The van der Waals surface area contributed by atoms with Crippen molar-refractivity contribution in [1.82, 2.24) is 0 Å². The summed E-state index contributed by atoms with van der Waals surface area (Å²) in [5, 5.41) is 0. The van der Waals surface area contributed by atoms with Gasteiger partial charge in [0.05, 0.1) is 12.2 Å². The van der Waals surface area contributed by atoms with Crippen LogP contribution in [0.1, 0.15) is 24.2 Å². The Balaban J connectivity index is 2.51. The van der Waals surface area contributed by atoms with Gasteiger partial charge in [-0.05, 0) is 17.5 Å². The Hall–Kier alpha value is -1.09. The van der Waals surface area contributed by atoms with Gasteiger partial charge in [0.25, 0.3) is 0 Å². The second-order valence-corrected chi connectivity index (χ2v) is 4.86. The molecule has 0 aromatic heterocycles. The molecule has 1 aromatic rings. The Morgan fingerprint density at radius 2 is 1.93 bits per heavy atom. The zero-order chi connectivity index (χ0) is 11.3. The predicted octanol–water partition coefficient (Wildman–Crippen LogP) is 1.92. The maximum absolute atomic E-state index is 11.6. The fourth-order valence-corrected chi connectivity index (χ4v) is 1.13. The summed E-state index contributed by atoms with van der Waals surface area (Å²) < 4.78 is 5.25. The van der Waals surface area contributed by atoms with E-state index in [0.29, 0.717) is 12.2 Å². The second-order valence-electron chi connectivity index (χ2n) is 4.36. The minimum absolute atomic E-state index is 0.0723. The number of esters is 1. The molecule has 0 aliphatic heterocycles. The van der Waals surface area contributed by atoms with Gasteiger partial charge in [0, 0.05) is 10.2 Å². The lowest BCUT2D eigenvalue weighted by Gasteiger charge is -2.21. The third-order valence-electron chi connectivity index (χ3n) is 2.28. The van der Waals surface area contributed by atoms with Crippen molar-refractivity contribution in [2.75, 3.05) is 6.61 Å². The molecular weight excluding hydrogens is 204 g/mol. The number of ether oxygens (including phenoxy) is 1. The van der Waals surface area contributed by atoms with Gasteiger partial charge >= 0.3 is 5.97 Å². The average Bonchev–Trinajstić information content (AvgIpc) is 2.27. The second kappa shape index (κ2) is 5.12. The van der Waals surface area contributed by atoms with Crippen LogP contribution in [-0.2, 0) is 4.74 Å². The molecule has 0 saturated heterocycles. The lowest BCUT2D eigenvalue weighted by Crippen LogP contribution is -2.21. The highest BCUT2D eigenvalue weighted by atomic mass is 28.1. The smallest absolute Gasteiger partial charge is 0.338 e. The molecular formula is C12H17O2Si. The molecule has 0 fully saturated rings. The lowest BCUT2D eigenvalue weighted by atomic mass is 9.98. The van der Waals surface area contributed by atoms with Crippen LogP contribution in [0, 0.1) is 5.41 Å². The fraction of sp³-hybridized carbons (Fsp3) is 0.417. The first kappa shape index (κ1) is 12.0. The standard InChI is InChI=1S/C12H17O2Si/c1-12(2,9-15)8-14-11(13)10-6-4-3-5-7-10/h3-7H,8-9,15H2,1-2H3. The van der Waals surface area contributed by atoms with Crippen LogP contribution in [-0.4, -0.2) is 22.8 Å². The van der Waals surface area contributed by atoms with E-state index >= 15 is 0 Å². The largest absolute Gasteiger partial charge is 0.462 e. The first-order valence-electron chi connectivity index (χ1n) is 5.06. The van der Waals surface area contributed by atoms with Gasteiger partial charge in [-0.3, -0.25) is 0 Å². The molecule has 0 amide bonds. The van der Waals surface area contributed by atoms with E-state index in [1.165, 1.54) is 0 Å². The molecule has 0 atom stereocenters. The van der Waals surface area contributed by atoms with Crippen molar-refractivity contribution < 1.29 is 9.53 Å². The molecule has 0 bridgehead atoms. The van der Waals surface area contributed by atoms with Gasteiger partial charge in [-0.25, -0.2) is 4.79 Å². The van der Waals surface area contributed by atoms with Crippen LogP contribution in [0.3, 0.4) is 0 Å². The van der Waals surface area contributed by atoms with E-state index in [1.807, 2.05) is 28.4 Å². The summed E-state index contributed by atoms with van der Waals surface area (Å²) in [6.45, 7) is 4.67. The molecule has 0 heterocycles. The topological polar surface area (TPSA) is 26.3 Å². The minimum atomic E-state index is -0.236. The van der Waals surface area contributed by atoms with Crippen molar-refractivity contribution in [3.63, 3.8) is 0 Å². The molecule has 3 heteroatoms. The average molecular weight is 221 g/mol. The predicted molar refractivity (Wildman–Crippen MR) is 63.9 cm³/mol. The van der Waals surface area contributed by atoms with E-state index in [1.54, 1.807) is 12.1 Å². The summed E-state index contributed by atoms with van der Waals surface area (Å²) in [6.07, 6.45) is 0. The van der Waals surface area contributed by atoms with Crippen molar-refractivity contribution in [3.05, 3.63) is 35.9 Å². The quantitative estimate of drug-likeness (QED) is 0.573. The molecule has 0 saturated carbocycles. The first-order chi connectivity index (χ1) is 7.05. The summed E-state index contributed by atoms with van der Waals surface area (Å²) in [5.41, 5.74) is 0.690. The maximum atomic E-state index is 11.6. The highest BCUT2D eigenvalue weighted by Gasteiger charge is 2.18. The van der Waals surface area contributed by atoms with Gasteiger partial charge in [0.1, 0.15) is 0 Å². The van der Waals surface area contributed by atoms with Gasteiger partial charge in [0.15, 0.2) is 0 Å². The van der Waals surface area contributed by atoms with Crippen LogP contribution in [0.5, 0.6) is 0 Å². The van der Waals surface area contributed by atoms with Gasteiger partial charge in [-0.2, -0.15) is 0 Å². The van der Waals surface area contributed by atoms with E-state index in [4.69, 9.17) is 4.74 Å². The zero-order valence-electron chi connectivity index (χ0n) is 9.32. The van der Waals surface area contributed by atoms with Crippen molar-refractivity contribution >= 4 is 16.2 Å². The van der Waals surface area contributed by atoms with Crippen LogP contribution in [0.4, 0.5) is 0 Å². The molecule has 0 N–H and O–H groups in total. The van der Waals surface area contributed by atoms with Gasteiger partial charge in [-0.15, -0.1) is 0 Å². The van der Waals surface area contributed by atoms with E-state index in [9.17, 15) is 4.79 Å². The van der Waals surface area contributed by atoms with Gasteiger partial charge in [-0.1, -0.05) is 38.1 Å². The van der Waals surface area contributed by atoms with Crippen molar-refractivity contribution in [2.45, 2.75) is 19.9 Å². The highest BCUT2D eigenvalue weighted by Crippen LogP contribution is 2.19. The summed E-state index contributed by atoms with van der Waals surface area (Å²) in [4.78, 5) is 11.6. The van der Waals surface area contributed by atoms with E-state index < -0.39 is 0 Å². The molecule has 0 spiro atoms. The molecule has 2 nitrogen and oxygen atoms in total. The van der Waals surface area contributed by atoms with Crippen LogP contribution < -0.4 is 0 Å². The highest BCUT2D eigenvalue weighted by molar-refractivity contribution is 6.08. The van der Waals surface area contributed by atoms with Gasteiger partial charge in [0.2, 0.25) is 0 Å². The van der Waals surface area contributed by atoms with Crippen LogP contribution in [0.15, 0.2) is 30.3 Å². The van der Waals surface area contributed by atoms with Crippen LogP contribution in [0.2, 0.25) is 6.04 Å². The number of carbonyl (C=O) groups is 1. The summed E-state index contributed by atoms with van der Waals surface area (Å²) in [5.74, 6) is -0.236. The Labute approximate surface area is 94.1 Å². The normalized spacial score (nSPS) is 11.1. The Bertz CT molecular complexity index is 320. The summed E-state index contributed by atoms with van der Waals surface area (Å²) >= 11 is 0. The molecule has 0 aliphatic rings. The minimum Gasteiger partial charge on any atom is -0.462 e. The number of hydrogen-bond acceptors (Lipinski definition) is 2. The Kier molecular flexibility index (Phi) is 4.09. The van der Waals surface area contributed by atoms with E-state index in [2.05, 4.69) is 13.8 Å². The molecule has 1 rings (SSSR count). The van der Waals surface area contributed by atoms with E-state index in [0.717, 1.165) is 6.04 Å². The number of rotatable bonds is 4. The molecule has 0 aliphatic carbocycles. The van der Waals surface area contributed by atoms with Crippen LogP contribution >= 0.6 is 0 Å². The van der Waals surface area contributed by atoms with E-state index in [-0.39, 0.29) is 11.4 Å². The molecule has 1 aromatic carbocycles. The summed E-state index contributed by atoms with van der Waals surface area (Å²) in [7, 11) is 1.90. The maximum Gasteiger partial charge on any atom is 0.338 e. The Morgan fingerprint density at radius 3 is 2.47 bits per heavy atom. The number of benzene rings is 1. The SMILES string of the molecule is CC(C)(C[SiH2])COC(=O)c1ccccc1. The monoisotopic (exact) mass is 221 g/mol. The first-order valence-corrected chi connectivity index (χ1v) is 6.06. The van der Waals surface area contributed by atoms with Crippen LogP contribution in [0.25, 0.3) is 0 Å². The Morgan fingerprint density at radius 1 is 1.33 bits per heavy atom. The number of carbonyl (C=O) groups excluding carboxylic acids is 1. The molecule has 1 radical (unpaired) electrons. The zero-order valence-corrected chi connectivity index (χ0v) is 10.7. The molecule has 81 valence electrons. The summed E-state index contributed by atoms with van der Waals surface area (Å²) in [6, 6.07) is 10.1. The fourth-order valence-electron chi connectivity index (χ4n) is 0.991. The number of hydrogen-bond donors (Lipinski definition) is 0. The molecule has 0 unspecified atom stereocenters. The van der Waals surface area contributed by atoms with Crippen molar-refractivity contribution in [2.24, 2.45) is 5.41 Å². The third-order valence-corrected chi connectivity index (χ3v) is 3.63. The van der Waals surface area contributed by atoms with Crippen molar-refractivity contribution in [1.29, 1.82) is 0 Å². The van der Waals surface area contributed by atoms with Crippen molar-refractivity contribution in [3.8, 4) is 0 Å². The molecule has 15 heavy (non-hydrogen) atoms. The third kappa shape index (κ3) is 3.87. The lowest BCUT2D eigenvalue weighted by molar-refractivity contribution is 0.0368.